The average Bonchev–Trinajstić information content (AvgIpc) is 2.39. The van der Waals surface area contributed by atoms with Crippen molar-refractivity contribution in [3.8, 4) is 6.07 Å². The quantitative estimate of drug-likeness (QED) is 0.902. The molecule has 1 aromatic heterocycles. The molecule has 0 aliphatic heterocycles. The number of aryl methyl sites for hydroxylation is 3. The van der Waals surface area contributed by atoms with Crippen LogP contribution in [0, 0.1) is 43.7 Å². The molecule has 2 aromatic rings. The van der Waals surface area contributed by atoms with Crippen LogP contribution in [0.15, 0.2) is 18.2 Å². The van der Waals surface area contributed by atoms with Crippen LogP contribution in [-0.2, 0) is 0 Å². The number of rotatable bonds is 2. The number of hydrogen-bond acceptors (Lipinski definition) is 3. The normalized spacial score (nSPS) is 10.2. The Morgan fingerprint density at radius 1 is 1.15 bits per heavy atom. The smallest absolute Gasteiger partial charge is 0.152 e. The minimum absolute atomic E-state index is 0.161. The zero-order valence-electron chi connectivity index (χ0n) is 11.4. The molecule has 20 heavy (non-hydrogen) atoms. The number of halogens is 2. The topological polar surface area (TPSA) is 48.7 Å². The van der Waals surface area contributed by atoms with Crippen LogP contribution in [0.2, 0.25) is 0 Å². The van der Waals surface area contributed by atoms with E-state index in [-0.39, 0.29) is 17.1 Å². The fourth-order valence-corrected chi connectivity index (χ4v) is 1.96. The molecule has 0 radical (unpaired) electrons. The van der Waals surface area contributed by atoms with Gasteiger partial charge in [0.2, 0.25) is 0 Å². The van der Waals surface area contributed by atoms with E-state index in [9.17, 15) is 8.78 Å². The van der Waals surface area contributed by atoms with Crippen LogP contribution in [0.4, 0.5) is 20.3 Å². The summed E-state index contributed by atoms with van der Waals surface area (Å²) in [6.45, 7) is 5.05. The van der Waals surface area contributed by atoms with E-state index in [1.165, 1.54) is 12.1 Å². The van der Waals surface area contributed by atoms with E-state index in [1.54, 1.807) is 26.8 Å². The number of nitrogens with one attached hydrogen (secondary N) is 1. The largest absolute Gasteiger partial charge is 0.334 e. The second kappa shape index (κ2) is 5.25. The van der Waals surface area contributed by atoms with Gasteiger partial charge in [0.25, 0.3) is 0 Å². The molecule has 2 rings (SSSR count). The maximum atomic E-state index is 14.0. The highest BCUT2D eigenvalue weighted by Crippen LogP contribution is 2.27. The molecule has 3 nitrogen and oxygen atoms in total. The third-order valence-corrected chi connectivity index (χ3v) is 2.98. The van der Waals surface area contributed by atoms with E-state index in [4.69, 9.17) is 5.26 Å². The summed E-state index contributed by atoms with van der Waals surface area (Å²) in [4.78, 5) is 4.15. The summed E-state index contributed by atoms with van der Waals surface area (Å²) >= 11 is 0. The van der Waals surface area contributed by atoms with Crippen molar-refractivity contribution in [2.24, 2.45) is 0 Å². The number of aromatic nitrogens is 1. The molecule has 0 unspecified atom stereocenters. The minimum Gasteiger partial charge on any atom is -0.334 e. The first kappa shape index (κ1) is 13.9. The summed E-state index contributed by atoms with van der Waals surface area (Å²) in [5.41, 5.74) is 1.67. The van der Waals surface area contributed by atoms with E-state index >= 15 is 0 Å². The van der Waals surface area contributed by atoms with Gasteiger partial charge in [-0.2, -0.15) is 5.26 Å². The molecule has 0 saturated carbocycles. The van der Waals surface area contributed by atoms with Gasteiger partial charge in [0, 0.05) is 5.69 Å². The molecule has 0 aliphatic carbocycles. The number of nitriles is 1. The number of hydrogen-bond donors (Lipinski definition) is 1. The zero-order valence-corrected chi connectivity index (χ0v) is 11.4. The molecule has 1 N–H and O–H groups in total. The highest BCUT2D eigenvalue weighted by molar-refractivity contribution is 5.66. The van der Waals surface area contributed by atoms with Crippen molar-refractivity contribution in [3.63, 3.8) is 0 Å². The van der Waals surface area contributed by atoms with Gasteiger partial charge in [0.05, 0.1) is 5.56 Å². The van der Waals surface area contributed by atoms with Crippen LogP contribution < -0.4 is 5.32 Å². The molecule has 0 bridgehead atoms. The predicted molar refractivity (Wildman–Crippen MR) is 72.8 cm³/mol. The second-order valence-electron chi connectivity index (χ2n) is 4.59. The molecule has 0 spiro atoms. The average molecular weight is 273 g/mol. The maximum absolute atomic E-state index is 14.0. The van der Waals surface area contributed by atoms with Crippen LogP contribution in [-0.4, -0.2) is 4.98 Å². The molecule has 102 valence electrons. The minimum atomic E-state index is -0.724. The molecule has 0 fully saturated rings. The summed E-state index contributed by atoms with van der Waals surface area (Å²) in [5.74, 6) is -1.25. The third kappa shape index (κ3) is 2.45. The Morgan fingerprint density at radius 3 is 2.50 bits per heavy atom. The van der Waals surface area contributed by atoms with Gasteiger partial charge in [-0.15, -0.1) is 0 Å². The van der Waals surface area contributed by atoms with Crippen molar-refractivity contribution >= 4 is 11.5 Å². The van der Waals surface area contributed by atoms with E-state index < -0.39 is 11.6 Å². The maximum Gasteiger partial charge on any atom is 0.152 e. The van der Waals surface area contributed by atoms with Gasteiger partial charge >= 0.3 is 0 Å². The van der Waals surface area contributed by atoms with Crippen molar-refractivity contribution < 1.29 is 8.78 Å². The lowest BCUT2D eigenvalue weighted by molar-refractivity contribution is 0.584. The molecule has 0 saturated heterocycles. The summed E-state index contributed by atoms with van der Waals surface area (Å²) in [6.07, 6.45) is 0. The zero-order chi connectivity index (χ0) is 14.9. The standard InChI is InChI=1S/C15H13F2N3/c1-8-4-5-12(16)14(13(8)17)20-15-11(7-18)9(2)6-10(3)19-15/h4-6H,1-3H3,(H,19,20). The Hall–Kier alpha value is -2.48. The van der Waals surface area contributed by atoms with Crippen LogP contribution >= 0.6 is 0 Å². The van der Waals surface area contributed by atoms with Crippen molar-refractivity contribution in [1.29, 1.82) is 5.26 Å². The van der Waals surface area contributed by atoms with Gasteiger partial charge in [-0.3, -0.25) is 0 Å². The molecule has 0 atom stereocenters. The molecule has 0 aliphatic rings. The summed E-state index contributed by atoms with van der Waals surface area (Å²) in [6, 6.07) is 6.27. The van der Waals surface area contributed by atoms with Crippen molar-refractivity contribution in [2.75, 3.05) is 5.32 Å². The van der Waals surface area contributed by atoms with Crippen LogP contribution in [0.1, 0.15) is 22.4 Å². The fourth-order valence-electron chi connectivity index (χ4n) is 1.96. The lowest BCUT2D eigenvalue weighted by Gasteiger charge is -2.12. The molecule has 5 heteroatoms. The highest BCUT2D eigenvalue weighted by atomic mass is 19.1. The molecule has 1 heterocycles. The Labute approximate surface area is 115 Å². The van der Waals surface area contributed by atoms with E-state index in [2.05, 4.69) is 10.3 Å². The van der Waals surface area contributed by atoms with E-state index in [0.29, 0.717) is 16.8 Å². The van der Waals surface area contributed by atoms with Gasteiger partial charge in [-0.1, -0.05) is 6.07 Å². The first-order valence-corrected chi connectivity index (χ1v) is 6.04. The summed E-state index contributed by atoms with van der Waals surface area (Å²) in [7, 11) is 0. The number of pyridine rings is 1. The van der Waals surface area contributed by atoms with Gasteiger partial charge < -0.3 is 5.32 Å². The highest BCUT2D eigenvalue weighted by Gasteiger charge is 2.15. The Balaban J connectivity index is 2.57. The van der Waals surface area contributed by atoms with Crippen LogP contribution in [0.5, 0.6) is 0 Å². The second-order valence-corrected chi connectivity index (χ2v) is 4.59. The van der Waals surface area contributed by atoms with Gasteiger partial charge in [0.1, 0.15) is 23.4 Å². The molecule has 1 aromatic carbocycles. The Bertz CT molecular complexity index is 718. The third-order valence-electron chi connectivity index (χ3n) is 2.98. The Morgan fingerprint density at radius 2 is 1.85 bits per heavy atom. The first-order valence-electron chi connectivity index (χ1n) is 6.04. The molecule has 0 amide bonds. The fraction of sp³-hybridized carbons (Fsp3) is 0.200. The SMILES string of the molecule is Cc1cc(C)c(C#N)c(Nc2c(F)ccc(C)c2F)n1. The van der Waals surface area contributed by atoms with Crippen LogP contribution in [0.3, 0.4) is 0 Å². The number of nitrogens with zero attached hydrogens (tertiary/aromatic N) is 2. The van der Waals surface area contributed by atoms with Crippen molar-refractivity contribution in [1.82, 2.24) is 4.98 Å². The first-order chi connectivity index (χ1) is 9.43. The van der Waals surface area contributed by atoms with Crippen LogP contribution in [0.25, 0.3) is 0 Å². The Kier molecular flexibility index (Phi) is 3.66. The summed E-state index contributed by atoms with van der Waals surface area (Å²) < 4.78 is 27.7. The van der Waals surface area contributed by atoms with Crippen molar-refractivity contribution in [2.45, 2.75) is 20.8 Å². The lowest BCUT2D eigenvalue weighted by Crippen LogP contribution is -2.05. The molecular weight excluding hydrogens is 260 g/mol. The number of anilines is 2. The van der Waals surface area contributed by atoms with E-state index in [1.807, 2.05) is 6.07 Å². The molecular formula is C15H13F2N3. The number of benzene rings is 1. The van der Waals surface area contributed by atoms with E-state index in [0.717, 1.165) is 0 Å². The van der Waals surface area contributed by atoms with Gasteiger partial charge in [0.15, 0.2) is 5.82 Å². The monoisotopic (exact) mass is 273 g/mol. The predicted octanol–water partition coefficient (Wildman–Crippen LogP) is 3.90. The lowest BCUT2D eigenvalue weighted by atomic mass is 10.1. The van der Waals surface area contributed by atoms with Gasteiger partial charge in [-0.25, -0.2) is 13.8 Å². The van der Waals surface area contributed by atoms with Crippen molar-refractivity contribution in [3.05, 3.63) is 52.2 Å². The summed E-state index contributed by atoms with van der Waals surface area (Å²) in [5, 5.41) is 11.7. The van der Waals surface area contributed by atoms with Gasteiger partial charge in [-0.05, 0) is 44.0 Å².